The summed E-state index contributed by atoms with van der Waals surface area (Å²) in [5.74, 6) is -0.340. The highest BCUT2D eigenvalue weighted by molar-refractivity contribution is 6.00. The predicted octanol–water partition coefficient (Wildman–Crippen LogP) is 3.96. The molecule has 2 aromatic rings. The van der Waals surface area contributed by atoms with Crippen molar-refractivity contribution < 1.29 is 13.9 Å². The summed E-state index contributed by atoms with van der Waals surface area (Å²) < 4.78 is 19.0. The van der Waals surface area contributed by atoms with Crippen LogP contribution >= 0.6 is 0 Å². The van der Waals surface area contributed by atoms with Crippen LogP contribution in [0.5, 0.6) is 0 Å². The molecule has 166 valence electrons. The van der Waals surface area contributed by atoms with Gasteiger partial charge in [-0.05, 0) is 67.8 Å². The monoisotopic (exact) mass is 425 g/mol. The third-order valence-corrected chi connectivity index (χ3v) is 6.82. The summed E-state index contributed by atoms with van der Waals surface area (Å²) in [6.07, 6.45) is 1.17. The number of hydrogen-bond donors (Lipinski definition) is 1. The number of anilines is 2. The van der Waals surface area contributed by atoms with Gasteiger partial charge >= 0.3 is 0 Å². The van der Waals surface area contributed by atoms with E-state index in [2.05, 4.69) is 34.2 Å². The van der Waals surface area contributed by atoms with E-state index < -0.39 is 5.41 Å². The number of rotatable bonds is 5. The van der Waals surface area contributed by atoms with Crippen LogP contribution in [0.1, 0.15) is 30.9 Å². The summed E-state index contributed by atoms with van der Waals surface area (Å²) in [4.78, 5) is 18.4. The number of carbonyl (C=O) groups excluding carboxylic acids is 1. The number of ether oxygens (including phenoxy) is 1. The van der Waals surface area contributed by atoms with E-state index in [0.29, 0.717) is 26.1 Å². The van der Waals surface area contributed by atoms with Crippen LogP contribution in [0.2, 0.25) is 0 Å². The molecule has 1 N–H and O–H groups in total. The molecule has 2 heterocycles. The molecular weight excluding hydrogens is 393 g/mol. The van der Waals surface area contributed by atoms with Gasteiger partial charge in [-0.25, -0.2) is 4.39 Å². The molecule has 0 radical (unpaired) electrons. The summed E-state index contributed by atoms with van der Waals surface area (Å²) in [6, 6.07) is 12.6. The Morgan fingerprint density at radius 3 is 2.35 bits per heavy atom. The first-order valence-electron chi connectivity index (χ1n) is 11.2. The summed E-state index contributed by atoms with van der Waals surface area (Å²) in [6.45, 7) is 10.6. The number of piperazine rings is 1. The fourth-order valence-electron chi connectivity index (χ4n) is 4.68. The fraction of sp³-hybridized carbons (Fsp3) is 0.480. The highest BCUT2D eigenvalue weighted by Gasteiger charge is 2.41. The number of amides is 1. The first-order valence-corrected chi connectivity index (χ1v) is 11.2. The van der Waals surface area contributed by atoms with E-state index in [4.69, 9.17) is 4.74 Å². The van der Waals surface area contributed by atoms with E-state index in [0.717, 1.165) is 49.5 Å². The fourth-order valence-corrected chi connectivity index (χ4v) is 4.68. The van der Waals surface area contributed by atoms with Crippen molar-refractivity contribution >= 4 is 17.3 Å². The summed E-state index contributed by atoms with van der Waals surface area (Å²) >= 11 is 0. The number of benzene rings is 2. The molecule has 0 spiro atoms. The van der Waals surface area contributed by atoms with Crippen molar-refractivity contribution in [2.75, 3.05) is 56.2 Å². The van der Waals surface area contributed by atoms with Crippen LogP contribution in [0.15, 0.2) is 42.5 Å². The quantitative estimate of drug-likeness (QED) is 0.788. The molecule has 2 fully saturated rings. The minimum Gasteiger partial charge on any atom is -0.381 e. The standard InChI is InChI=1S/C25H32FN3O2/c1-3-28-12-14-29(15-13-28)22-8-9-23(19(2)18-22)27-24(30)25(10-16-31-17-11-25)20-4-6-21(26)7-5-20/h4-9,18H,3,10-17H2,1-2H3,(H,27,30). The van der Waals surface area contributed by atoms with Gasteiger partial charge in [-0.2, -0.15) is 0 Å². The van der Waals surface area contributed by atoms with Crippen molar-refractivity contribution in [1.82, 2.24) is 4.90 Å². The number of likely N-dealkylation sites (N-methyl/N-ethyl adjacent to an activating group) is 1. The Bertz CT molecular complexity index is 901. The molecule has 0 aromatic heterocycles. The van der Waals surface area contributed by atoms with Crippen LogP contribution < -0.4 is 10.2 Å². The molecule has 2 aliphatic heterocycles. The number of hydrogen-bond acceptors (Lipinski definition) is 4. The second-order valence-corrected chi connectivity index (χ2v) is 8.58. The van der Waals surface area contributed by atoms with Gasteiger partial charge in [0.25, 0.3) is 0 Å². The molecule has 2 aliphatic rings. The van der Waals surface area contributed by atoms with Gasteiger partial charge in [-0.15, -0.1) is 0 Å². The van der Waals surface area contributed by atoms with E-state index in [9.17, 15) is 9.18 Å². The van der Waals surface area contributed by atoms with Crippen molar-refractivity contribution in [3.05, 3.63) is 59.4 Å². The smallest absolute Gasteiger partial charge is 0.235 e. The Kier molecular flexibility index (Phi) is 6.58. The molecule has 0 bridgehead atoms. The second kappa shape index (κ2) is 9.37. The molecule has 5 nitrogen and oxygen atoms in total. The van der Waals surface area contributed by atoms with E-state index >= 15 is 0 Å². The van der Waals surface area contributed by atoms with Crippen molar-refractivity contribution in [2.45, 2.75) is 32.1 Å². The van der Waals surface area contributed by atoms with Crippen LogP contribution in [-0.4, -0.2) is 56.7 Å². The summed E-state index contributed by atoms with van der Waals surface area (Å²) in [5.41, 5.74) is 3.22. The molecule has 0 unspecified atom stereocenters. The van der Waals surface area contributed by atoms with E-state index in [1.807, 2.05) is 13.0 Å². The van der Waals surface area contributed by atoms with Crippen molar-refractivity contribution in [2.24, 2.45) is 0 Å². The Balaban J connectivity index is 1.52. The molecule has 6 heteroatoms. The van der Waals surface area contributed by atoms with Gasteiger partial charge < -0.3 is 19.9 Å². The van der Waals surface area contributed by atoms with Gasteiger partial charge in [0.05, 0.1) is 5.41 Å². The van der Waals surface area contributed by atoms with Gasteiger partial charge in [-0.1, -0.05) is 19.1 Å². The third-order valence-electron chi connectivity index (χ3n) is 6.82. The largest absolute Gasteiger partial charge is 0.381 e. The minimum atomic E-state index is -0.701. The Hall–Kier alpha value is -2.44. The number of aryl methyl sites for hydroxylation is 1. The maximum atomic E-state index is 13.5. The lowest BCUT2D eigenvalue weighted by molar-refractivity contribution is -0.125. The topological polar surface area (TPSA) is 44.8 Å². The van der Waals surface area contributed by atoms with Gasteiger partial charge in [0.15, 0.2) is 0 Å². The normalized spacial score (nSPS) is 19.3. The Labute approximate surface area is 184 Å². The van der Waals surface area contributed by atoms with Crippen LogP contribution in [0, 0.1) is 12.7 Å². The van der Waals surface area contributed by atoms with Gasteiger partial charge in [-0.3, -0.25) is 4.79 Å². The Morgan fingerprint density at radius 2 is 1.74 bits per heavy atom. The number of halogens is 1. The molecule has 1 amide bonds. The van der Waals surface area contributed by atoms with E-state index in [-0.39, 0.29) is 11.7 Å². The highest BCUT2D eigenvalue weighted by Crippen LogP contribution is 2.37. The SMILES string of the molecule is CCN1CCN(c2ccc(NC(=O)C3(c4ccc(F)cc4)CCOCC3)c(C)c2)CC1. The molecule has 2 aromatic carbocycles. The van der Waals surface area contributed by atoms with Crippen LogP contribution in [0.3, 0.4) is 0 Å². The molecule has 31 heavy (non-hydrogen) atoms. The lowest BCUT2D eigenvalue weighted by atomic mass is 9.73. The van der Waals surface area contributed by atoms with Gasteiger partial charge in [0.1, 0.15) is 5.82 Å². The molecule has 0 atom stereocenters. The number of nitrogens with zero attached hydrogens (tertiary/aromatic N) is 2. The van der Waals surface area contributed by atoms with Crippen LogP contribution in [0.25, 0.3) is 0 Å². The zero-order valence-electron chi connectivity index (χ0n) is 18.5. The molecule has 4 rings (SSSR count). The van der Waals surface area contributed by atoms with Crippen molar-refractivity contribution in [3.8, 4) is 0 Å². The highest BCUT2D eigenvalue weighted by atomic mass is 19.1. The van der Waals surface area contributed by atoms with E-state index in [1.165, 1.54) is 17.8 Å². The summed E-state index contributed by atoms with van der Waals surface area (Å²) in [7, 11) is 0. The third kappa shape index (κ3) is 4.60. The van der Waals surface area contributed by atoms with Crippen LogP contribution in [-0.2, 0) is 14.9 Å². The van der Waals surface area contributed by atoms with Crippen molar-refractivity contribution in [3.63, 3.8) is 0 Å². The average molecular weight is 426 g/mol. The van der Waals surface area contributed by atoms with Gasteiger partial charge in [0, 0.05) is 50.8 Å². The zero-order chi connectivity index (χ0) is 21.8. The summed E-state index contributed by atoms with van der Waals surface area (Å²) in [5, 5.41) is 3.17. The molecule has 0 saturated carbocycles. The maximum Gasteiger partial charge on any atom is 0.235 e. The first-order chi connectivity index (χ1) is 15.0. The van der Waals surface area contributed by atoms with Gasteiger partial charge in [0.2, 0.25) is 5.91 Å². The predicted molar refractivity (Wildman–Crippen MR) is 122 cm³/mol. The van der Waals surface area contributed by atoms with Crippen molar-refractivity contribution in [1.29, 1.82) is 0 Å². The Morgan fingerprint density at radius 1 is 1.06 bits per heavy atom. The lowest BCUT2D eigenvalue weighted by Crippen LogP contribution is -2.46. The molecule has 2 saturated heterocycles. The first kappa shape index (κ1) is 21.8. The maximum absolute atomic E-state index is 13.5. The molecular formula is C25H32FN3O2. The number of nitrogens with one attached hydrogen (secondary N) is 1. The van der Waals surface area contributed by atoms with E-state index in [1.54, 1.807) is 12.1 Å². The zero-order valence-corrected chi connectivity index (χ0v) is 18.5. The lowest BCUT2D eigenvalue weighted by Gasteiger charge is -2.37. The van der Waals surface area contributed by atoms with Crippen LogP contribution in [0.4, 0.5) is 15.8 Å². The molecule has 0 aliphatic carbocycles. The average Bonchev–Trinajstić information content (AvgIpc) is 2.81. The second-order valence-electron chi connectivity index (χ2n) is 8.58. The minimum absolute atomic E-state index is 0.0465. The number of carbonyl (C=O) groups is 1.